The Morgan fingerprint density at radius 3 is 2.54 bits per heavy atom. The van der Waals surface area contributed by atoms with Gasteiger partial charge >= 0.3 is 0 Å². The highest BCUT2D eigenvalue weighted by molar-refractivity contribution is 6.34. The molecule has 0 radical (unpaired) electrons. The summed E-state index contributed by atoms with van der Waals surface area (Å²) in [4.78, 5) is 29.9. The zero-order valence-electron chi connectivity index (χ0n) is 25.7. The van der Waals surface area contributed by atoms with Gasteiger partial charge in [-0.1, -0.05) is 54.1 Å². The highest BCUT2D eigenvalue weighted by Crippen LogP contribution is 2.34. The van der Waals surface area contributed by atoms with E-state index in [-0.39, 0.29) is 5.91 Å². The Morgan fingerprint density at radius 2 is 1.74 bits per heavy atom. The number of fused-ring (bicyclic) bond motifs is 1. The van der Waals surface area contributed by atoms with Crippen LogP contribution in [0.3, 0.4) is 0 Å². The first-order valence-corrected chi connectivity index (χ1v) is 15.9. The summed E-state index contributed by atoms with van der Waals surface area (Å²) in [5.41, 5.74) is 7.23. The summed E-state index contributed by atoms with van der Waals surface area (Å²) < 4.78 is 2.02. The lowest BCUT2D eigenvalue weighted by Crippen LogP contribution is -2.27. The molecule has 9 heteroatoms. The van der Waals surface area contributed by atoms with Crippen molar-refractivity contribution < 1.29 is 4.79 Å². The number of imidazole rings is 1. The Labute approximate surface area is 273 Å². The van der Waals surface area contributed by atoms with E-state index in [2.05, 4.69) is 58.6 Å². The number of carbonyl (C=O) groups is 1. The Kier molecular flexibility index (Phi) is 8.22. The van der Waals surface area contributed by atoms with Crippen LogP contribution in [0.1, 0.15) is 42.1 Å². The predicted molar refractivity (Wildman–Crippen MR) is 185 cm³/mol. The van der Waals surface area contributed by atoms with Crippen LogP contribution in [0.25, 0.3) is 28.3 Å². The first-order valence-electron chi connectivity index (χ1n) is 15.5. The summed E-state index contributed by atoms with van der Waals surface area (Å²) in [6.45, 7) is 6.78. The molecule has 1 amide bonds. The van der Waals surface area contributed by atoms with E-state index in [9.17, 15) is 4.79 Å². The molecule has 4 heterocycles. The summed E-state index contributed by atoms with van der Waals surface area (Å²) >= 11 is 6.27. The molecule has 1 aliphatic rings. The molecule has 0 aliphatic carbocycles. The fraction of sp³-hybridized carbons (Fsp3) is 0.189. The van der Waals surface area contributed by atoms with Crippen LogP contribution in [0.2, 0.25) is 5.02 Å². The maximum Gasteiger partial charge on any atom is 0.257 e. The van der Waals surface area contributed by atoms with Gasteiger partial charge in [-0.2, -0.15) is 0 Å². The smallest absolute Gasteiger partial charge is 0.257 e. The van der Waals surface area contributed by atoms with Crippen LogP contribution in [-0.2, 0) is 0 Å². The molecule has 7 rings (SSSR count). The third kappa shape index (κ3) is 6.09. The molecule has 230 valence electrons. The van der Waals surface area contributed by atoms with Gasteiger partial charge in [0.2, 0.25) is 5.95 Å². The van der Waals surface area contributed by atoms with Crippen LogP contribution in [0.15, 0.2) is 109 Å². The number of carbonyl (C=O) groups excluding carboxylic acids is 1. The first kappa shape index (κ1) is 29.6. The summed E-state index contributed by atoms with van der Waals surface area (Å²) in [5, 5.41) is 6.76. The van der Waals surface area contributed by atoms with Crippen molar-refractivity contribution in [2.24, 2.45) is 0 Å². The lowest BCUT2D eigenvalue weighted by atomic mass is 9.98. The van der Waals surface area contributed by atoms with E-state index in [1.807, 2.05) is 59.1 Å². The molecule has 6 aromatic rings. The number of anilines is 3. The largest absolute Gasteiger partial charge is 0.324 e. The number of benzene rings is 3. The second kappa shape index (κ2) is 12.7. The van der Waals surface area contributed by atoms with Crippen molar-refractivity contribution in [1.82, 2.24) is 24.3 Å². The van der Waals surface area contributed by atoms with Crippen molar-refractivity contribution in [3.05, 3.63) is 126 Å². The molecule has 3 aromatic heterocycles. The van der Waals surface area contributed by atoms with Gasteiger partial charge in [0.15, 0.2) is 0 Å². The van der Waals surface area contributed by atoms with Crippen LogP contribution in [0.5, 0.6) is 0 Å². The molecule has 8 nitrogen and oxygen atoms in total. The monoisotopic (exact) mass is 627 g/mol. The zero-order valence-corrected chi connectivity index (χ0v) is 26.4. The summed E-state index contributed by atoms with van der Waals surface area (Å²) in [6.07, 6.45) is 4.92. The minimum absolute atomic E-state index is 0.279. The molecule has 1 atom stereocenters. The quantitative estimate of drug-likeness (QED) is 0.176. The predicted octanol–water partition coefficient (Wildman–Crippen LogP) is 8.31. The lowest BCUT2D eigenvalue weighted by Gasteiger charge is -2.20. The molecule has 1 fully saturated rings. The molecule has 3 aromatic carbocycles. The van der Waals surface area contributed by atoms with Crippen molar-refractivity contribution in [2.45, 2.75) is 32.2 Å². The van der Waals surface area contributed by atoms with Crippen LogP contribution in [0.4, 0.5) is 17.3 Å². The normalized spacial score (nSPS) is 15.0. The molecule has 1 aliphatic heterocycles. The van der Waals surface area contributed by atoms with E-state index in [4.69, 9.17) is 21.6 Å². The number of amides is 1. The van der Waals surface area contributed by atoms with Gasteiger partial charge in [0.25, 0.3) is 5.91 Å². The lowest BCUT2D eigenvalue weighted by molar-refractivity contribution is 0.102. The third-order valence-electron chi connectivity index (χ3n) is 8.53. The van der Waals surface area contributed by atoms with E-state index in [0.29, 0.717) is 39.9 Å². The number of likely N-dealkylation sites (tertiary alicyclic amines) is 1. The van der Waals surface area contributed by atoms with Gasteiger partial charge in [-0.15, -0.1) is 0 Å². The van der Waals surface area contributed by atoms with Gasteiger partial charge in [-0.05, 0) is 92.9 Å². The van der Waals surface area contributed by atoms with E-state index in [1.54, 1.807) is 30.5 Å². The summed E-state index contributed by atoms with van der Waals surface area (Å²) in [6, 6.07) is 31.6. The Hall–Kier alpha value is -5.05. The molecule has 2 N–H and O–H groups in total. The number of pyridine rings is 1. The second-order valence-corrected chi connectivity index (χ2v) is 12.2. The van der Waals surface area contributed by atoms with Crippen molar-refractivity contribution in [2.75, 3.05) is 23.7 Å². The number of rotatable bonds is 8. The zero-order chi connectivity index (χ0) is 31.6. The van der Waals surface area contributed by atoms with Crippen molar-refractivity contribution in [3.63, 3.8) is 0 Å². The van der Waals surface area contributed by atoms with Crippen LogP contribution < -0.4 is 10.6 Å². The average Bonchev–Trinajstić information content (AvgIpc) is 3.72. The van der Waals surface area contributed by atoms with Gasteiger partial charge in [0.05, 0.1) is 27.7 Å². The first-order chi connectivity index (χ1) is 22.4. The molecule has 0 spiro atoms. The number of halogens is 1. The van der Waals surface area contributed by atoms with Crippen molar-refractivity contribution in [1.29, 1.82) is 0 Å². The van der Waals surface area contributed by atoms with Gasteiger partial charge < -0.3 is 15.5 Å². The maximum atomic E-state index is 13.0. The number of nitrogens with one attached hydrogen (secondary N) is 2. The van der Waals surface area contributed by atoms with Gasteiger partial charge in [-0.3, -0.25) is 9.20 Å². The molecule has 1 unspecified atom stereocenters. The molecular formula is C37H34ClN7O. The SMILES string of the molecule is CC(C)N1CCC(c2ccc(Nc3nccc(-c4c(-c5cccc(NC(=O)c6ccccc6Cl)c5)nc5ccccn45)n3)cc2)C1. The third-order valence-corrected chi connectivity index (χ3v) is 8.86. The standard InChI is InChI=1S/C37H34ClN7O/c1-24(2)44-21-18-27(23-44)25-13-15-28(16-14-25)41-37-39-19-17-32(42-37)35-34(43-33-12-5-6-20-45(33)35)26-8-7-9-29(22-26)40-36(46)30-10-3-4-11-31(30)38/h3-17,19-20,22,24,27H,18,21,23H2,1-2H3,(H,40,46)(H,39,41,42). The van der Waals surface area contributed by atoms with Crippen molar-refractivity contribution >= 4 is 40.5 Å². The minimum atomic E-state index is -0.279. The van der Waals surface area contributed by atoms with Crippen LogP contribution in [0, 0.1) is 0 Å². The maximum absolute atomic E-state index is 13.0. The van der Waals surface area contributed by atoms with E-state index < -0.39 is 0 Å². The molecule has 0 bridgehead atoms. The number of aromatic nitrogens is 4. The van der Waals surface area contributed by atoms with Crippen LogP contribution in [-0.4, -0.2) is 49.3 Å². The molecule has 0 saturated carbocycles. The van der Waals surface area contributed by atoms with Gasteiger partial charge in [0, 0.05) is 41.9 Å². The molecule has 1 saturated heterocycles. The Morgan fingerprint density at radius 1 is 0.913 bits per heavy atom. The van der Waals surface area contributed by atoms with Gasteiger partial charge in [-0.25, -0.2) is 15.0 Å². The van der Waals surface area contributed by atoms with E-state index in [0.717, 1.165) is 41.4 Å². The Bertz CT molecular complexity index is 2020. The number of hydrogen-bond donors (Lipinski definition) is 2. The minimum Gasteiger partial charge on any atom is -0.324 e. The van der Waals surface area contributed by atoms with E-state index in [1.165, 1.54) is 12.0 Å². The fourth-order valence-corrected chi connectivity index (χ4v) is 6.30. The number of nitrogens with zero attached hydrogens (tertiary/aromatic N) is 5. The molecular weight excluding hydrogens is 594 g/mol. The van der Waals surface area contributed by atoms with Crippen LogP contribution >= 0.6 is 11.6 Å². The fourth-order valence-electron chi connectivity index (χ4n) is 6.08. The van der Waals surface area contributed by atoms with Gasteiger partial charge in [0.1, 0.15) is 5.65 Å². The van der Waals surface area contributed by atoms with E-state index >= 15 is 0 Å². The molecule has 46 heavy (non-hydrogen) atoms. The Balaban J connectivity index is 1.17. The topological polar surface area (TPSA) is 87.5 Å². The summed E-state index contributed by atoms with van der Waals surface area (Å²) in [5.74, 6) is 0.778. The van der Waals surface area contributed by atoms with Crippen molar-refractivity contribution in [3.8, 4) is 22.6 Å². The highest BCUT2D eigenvalue weighted by atomic mass is 35.5. The highest BCUT2D eigenvalue weighted by Gasteiger charge is 2.25. The average molecular weight is 628 g/mol. The summed E-state index contributed by atoms with van der Waals surface area (Å²) in [7, 11) is 0. The second-order valence-electron chi connectivity index (χ2n) is 11.8. The number of hydrogen-bond acceptors (Lipinski definition) is 6.